The van der Waals surface area contributed by atoms with Crippen LogP contribution >= 0.6 is 0 Å². The maximum Gasteiger partial charge on any atom is 0.309 e. The van der Waals surface area contributed by atoms with Gasteiger partial charge in [-0.3, -0.25) is 9.69 Å². The van der Waals surface area contributed by atoms with E-state index in [1.54, 1.807) is 0 Å². The van der Waals surface area contributed by atoms with Crippen LogP contribution in [-0.4, -0.2) is 46.9 Å². The van der Waals surface area contributed by atoms with Gasteiger partial charge in [0.1, 0.15) is 5.76 Å². The van der Waals surface area contributed by atoms with E-state index in [9.17, 15) is 4.79 Å². The molecule has 1 fully saturated rings. The van der Waals surface area contributed by atoms with E-state index >= 15 is 0 Å². The van der Waals surface area contributed by atoms with Crippen molar-refractivity contribution >= 4 is 5.91 Å². The van der Waals surface area contributed by atoms with E-state index in [0.717, 1.165) is 57.0 Å². The first-order valence-electron chi connectivity index (χ1n) is 8.57. The highest BCUT2D eigenvalue weighted by Gasteiger charge is 2.31. The van der Waals surface area contributed by atoms with Crippen LogP contribution in [0, 0.1) is 11.8 Å². The van der Waals surface area contributed by atoms with Gasteiger partial charge in [-0.25, -0.2) is 4.98 Å². The molecular formula is C17H27N3O2. The molecule has 0 saturated carbocycles. The van der Waals surface area contributed by atoms with E-state index in [0.29, 0.717) is 17.7 Å². The van der Waals surface area contributed by atoms with E-state index in [1.807, 2.05) is 4.90 Å². The summed E-state index contributed by atoms with van der Waals surface area (Å²) in [6.45, 7) is 11.1. The van der Waals surface area contributed by atoms with Crippen LogP contribution < -0.4 is 0 Å². The van der Waals surface area contributed by atoms with E-state index in [1.165, 1.54) is 6.42 Å². The van der Waals surface area contributed by atoms with Crippen molar-refractivity contribution < 1.29 is 9.21 Å². The molecule has 0 aromatic carbocycles. The Bertz CT molecular complexity index is 530. The minimum atomic E-state index is -0.0326. The van der Waals surface area contributed by atoms with Crippen molar-refractivity contribution in [2.24, 2.45) is 11.8 Å². The Balaban J connectivity index is 1.72. The maximum absolute atomic E-state index is 12.7. The van der Waals surface area contributed by atoms with Crippen LogP contribution in [-0.2, 0) is 13.0 Å². The van der Waals surface area contributed by atoms with Gasteiger partial charge >= 0.3 is 5.91 Å². The smallest absolute Gasteiger partial charge is 0.309 e. The van der Waals surface area contributed by atoms with Crippen molar-refractivity contribution in [3.05, 3.63) is 17.3 Å². The zero-order valence-corrected chi connectivity index (χ0v) is 14.0. The quantitative estimate of drug-likeness (QED) is 0.861. The van der Waals surface area contributed by atoms with Crippen molar-refractivity contribution in [1.82, 2.24) is 14.8 Å². The third-order valence-electron chi connectivity index (χ3n) is 4.69. The Labute approximate surface area is 132 Å². The van der Waals surface area contributed by atoms with Gasteiger partial charge in [0.15, 0.2) is 0 Å². The molecule has 2 aliphatic heterocycles. The zero-order chi connectivity index (χ0) is 15.7. The molecule has 5 nitrogen and oxygen atoms in total. The average Bonchev–Trinajstić information content (AvgIpc) is 2.89. The first-order valence-corrected chi connectivity index (χ1v) is 8.57. The Morgan fingerprint density at radius 2 is 2.05 bits per heavy atom. The third-order valence-corrected chi connectivity index (χ3v) is 4.69. The van der Waals surface area contributed by atoms with Crippen molar-refractivity contribution in [2.75, 3.05) is 26.2 Å². The minimum absolute atomic E-state index is 0.0326. The van der Waals surface area contributed by atoms with Crippen LogP contribution in [0.4, 0.5) is 0 Å². The lowest BCUT2D eigenvalue weighted by atomic mass is 9.92. The minimum Gasteiger partial charge on any atom is -0.437 e. The second kappa shape index (κ2) is 6.41. The topological polar surface area (TPSA) is 49.6 Å². The van der Waals surface area contributed by atoms with Gasteiger partial charge in [-0.15, -0.1) is 0 Å². The molecule has 1 saturated heterocycles. The standard InChI is InChI=1S/C17H27N3O2/c1-4-6-19-7-5-15-14(11-19)18-16(22-15)17(21)20-9-12(2)8-13(3)10-20/h12-13H,4-11H2,1-3H3/t12-,13-/m1/s1. The predicted octanol–water partition coefficient (Wildman–Crippen LogP) is 2.56. The molecule has 3 heterocycles. The number of oxazole rings is 1. The van der Waals surface area contributed by atoms with E-state index in [2.05, 4.69) is 30.7 Å². The van der Waals surface area contributed by atoms with Crippen molar-refractivity contribution in [3.63, 3.8) is 0 Å². The van der Waals surface area contributed by atoms with E-state index < -0.39 is 0 Å². The highest BCUT2D eigenvalue weighted by atomic mass is 16.4. The van der Waals surface area contributed by atoms with Gasteiger partial charge in [-0.2, -0.15) is 0 Å². The van der Waals surface area contributed by atoms with Crippen LogP contribution in [0.1, 0.15) is 55.8 Å². The van der Waals surface area contributed by atoms with Gasteiger partial charge in [0, 0.05) is 32.6 Å². The summed E-state index contributed by atoms with van der Waals surface area (Å²) < 4.78 is 5.79. The molecule has 22 heavy (non-hydrogen) atoms. The SMILES string of the molecule is CCCN1CCc2oc(C(=O)N3C[C@H](C)C[C@@H](C)C3)nc2C1. The fraction of sp³-hybridized carbons (Fsp3) is 0.765. The summed E-state index contributed by atoms with van der Waals surface area (Å²) in [5.41, 5.74) is 0.959. The number of rotatable bonds is 3. The van der Waals surface area contributed by atoms with E-state index in [-0.39, 0.29) is 5.91 Å². The number of aromatic nitrogens is 1. The number of likely N-dealkylation sites (tertiary alicyclic amines) is 1. The molecular weight excluding hydrogens is 278 g/mol. The van der Waals surface area contributed by atoms with Crippen LogP contribution in [0.15, 0.2) is 4.42 Å². The first-order chi connectivity index (χ1) is 10.6. The second-order valence-electron chi connectivity index (χ2n) is 7.07. The molecule has 1 aromatic heterocycles. The number of hydrogen-bond donors (Lipinski definition) is 0. The molecule has 0 unspecified atom stereocenters. The summed E-state index contributed by atoms with van der Waals surface area (Å²) in [6.07, 6.45) is 3.20. The summed E-state index contributed by atoms with van der Waals surface area (Å²) in [5, 5.41) is 0. The van der Waals surface area contributed by atoms with Gasteiger partial charge in [0.05, 0.1) is 5.69 Å². The number of carbonyl (C=O) groups excluding carboxylic acids is 1. The Hall–Kier alpha value is -1.36. The molecule has 0 aliphatic carbocycles. The summed E-state index contributed by atoms with van der Waals surface area (Å²) >= 11 is 0. The van der Waals surface area contributed by atoms with E-state index in [4.69, 9.17) is 4.42 Å². The molecule has 3 rings (SSSR count). The third kappa shape index (κ3) is 3.19. The predicted molar refractivity (Wildman–Crippen MR) is 84.6 cm³/mol. The number of hydrogen-bond acceptors (Lipinski definition) is 4. The molecule has 122 valence electrons. The van der Waals surface area contributed by atoms with Crippen LogP contribution in [0.3, 0.4) is 0 Å². The number of fused-ring (bicyclic) bond motifs is 1. The molecule has 0 radical (unpaired) electrons. The number of carbonyl (C=O) groups is 1. The largest absolute Gasteiger partial charge is 0.437 e. The molecule has 1 amide bonds. The van der Waals surface area contributed by atoms with Gasteiger partial charge in [-0.05, 0) is 31.2 Å². The molecule has 0 spiro atoms. The summed E-state index contributed by atoms with van der Waals surface area (Å²) in [6, 6.07) is 0. The van der Waals surface area contributed by atoms with Crippen LogP contribution in [0.25, 0.3) is 0 Å². The molecule has 0 bridgehead atoms. The Morgan fingerprint density at radius 3 is 2.73 bits per heavy atom. The lowest BCUT2D eigenvalue weighted by Gasteiger charge is -2.34. The number of amides is 1. The highest BCUT2D eigenvalue weighted by molar-refractivity contribution is 5.89. The van der Waals surface area contributed by atoms with Gasteiger partial charge < -0.3 is 9.32 Å². The summed E-state index contributed by atoms with van der Waals surface area (Å²) in [5.74, 6) is 2.28. The van der Waals surface area contributed by atoms with Crippen molar-refractivity contribution in [1.29, 1.82) is 0 Å². The number of piperidine rings is 1. The van der Waals surface area contributed by atoms with Gasteiger partial charge in [0.25, 0.3) is 5.89 Å². The van der Waals surface area contributed by atoms with Gasteiger partial charge in [-0.1, -0.05) is 20.8 Å². The van der Waals surface area contributed by atoms with Crippen LogP contribution in [0.2, 0.25) is 0 Å². The second-order valence-corrected chi connectivity index (χ2v) is 7.07. The first kappa shape index (κ1) is 15.5. The molecule has 0 N–H and O–H groups in total. The molecule has 5 heteroatoms. The number of nitrogens with zero attached hydrogens (tertiary/aromatic N) is 3. The van der Waals surface area contributed by atoms with Gasteiger partial charge in [0.2, 0.25) is 0 Å². The average molecular weight is 305 g/mol. The molecule has 2 atom stereocenters. The van der Waals surface area contributed by atoms with Crippen molar-refractivity contribution in [2.45, 2.75) is 46.6 Å². The fourth-order valence-corrected chi connectivity index (χ4v) is 3.82. The lowest BCUT2D eigenvalue weighted by molar-refractivity contribution is 0.0581. The van der Waals surface area contributed by atoms with Crippen LogP contribution in [0.5, 0.6) is 0 Å². The monoisotopic (exact) mass is 305 g/mol. The fourth-order valence-electron chi connectivity index (χ4n) is 3.82. The lowest BCUT2D eigenvalue weighted by Crippen LogP contribution is -2.42. The Kier molecular flexibility index (Phi) is 4.52. The molecule has 2 aliphatic rings. The Morgan fingerprint density at radius 1 is 1.32 bits per heavy atom. The summed E-state index contributed by atoms with van der Waals surface area (Å²) in [4.78, 5) is 21.5. The van der Waals surface area contributed by atoms with Crippen molar-refractivity contribution in [3.8, 4) is 0 Å². The highest BCUT2D eigenvalue weighted by Crippen LogP contribution is 2.24. The zero-order valence-electron chi connectivity index (χ0n) is 14.0. The molecule has 1 aromatic rings. The summed E-state index contributed by atoms with van der Waals surface area (Å²) in [7, 11) is 0. The maximum atomic E-state index is 12.7. The normalized spacial score (nSPS) is 26.0.